The molecule has 1 aromatic rings. The normalized spacial score (nSPS) is 14.9. The lowest BCUT2D eigenvalue weighted by Crippen LogP contribution is -2.41. The predicted molar refractivity (Wildman–Crippen MR) is 79.8 cm³/mol. The van der Waals surface area contributed by atoms with Crippen LogP contribution in [0.3, 0.4) is 0 Å². The third-order valence-electron chi connectivity index (χ3n) is 2.81. The molecular formula is C12H14Cl2N2O3S. The minimum atomic E-state index is -3.64. The molecular weight excluding hydrogens is 323 g/mol. The van der Waals surface area contributed by atoms with E-state index in [2.05, 4.69) is 5.32 Å². The van der Waals surface area contributed by atoms with Crippen molar-refractivity contribution in [1.82, 2.24) is 5.32 Å². The lowest BCUT2D eigenvalue weighted by atomic mass is 10.3. The van der Waals surface area contributed by atoms with E-state index in [1.807, 2.05) is 0 Å². The first-order chi connectivity index (χ1) is 9.27. The number of carbonyl (C=O) groups is 1. The molecule has 0 radical (unpaired) electrons. The van der Waals surface area contributed by atoms with Crippen molar-refractivity contribution in [1.29, 1.82) is 0 Å². The molecule has 0 heterocycles. The summed E-state index contributed by atoms with van der Waals surface area (Å²) in [5, 5.41) is 3.31. The topological polar surface area (TPSA) is 66.5 Å². The highest BCUT2D eigenvalue weighted by atomic mass is 35.5. The van der Waals surface area contributed by atoms with Crippen molar-refractivity contribution in [2.24, 2.45) is 0 Å². The van der Waals surface area contributed by atoms with Gasteiger partial charge in [-0.05, 0) is 31.0 Å². The maximum atomic E-state index is 11.9. The van der Waals surface area contributed by atoms with Gasteiger partial charge in [0.2, 0.25) is 15.9 Å². The van der Waals surface area contributed by atoms with Gasteiger partial charge in [-0.3, -0.25) is 9.10 Å². The van der Waals surface area contributed by atoms with E-state index in [1.165, 1.54) is 12.1 Å². The molecule has 1 amide bonds. The SMILES string of the molecule is CS(=O)(=O)N(CC(=O)NC1CC1)c1cc(Cl)ccc1Cl. The third kappa shape index (κ3) is 4.01. The lowest BCUT2D eigenvalue weighted by molar-refractivity contribution is -0.119. The van der Waals surface area contributed by atoms with E-state index in [0.717, 1.165) is 23.4 Å². The zero-order valence-electron chi connectivity index (χ0n) is 10.8. The second kappa shape index (κ2) is 5.79. The Morgan fingerprint density at radius 3 is 2.60 bits per heavy atom. The molecule has 0 spiro atoms. The van der Waals surface area contributed by atoms with E-state index in [9.17, 15) is 13.2 Å². The first kappa shape index (κ1) is 15.4. The average Bonchev–Trinajstić information content (AvgIpc) is 3.12. The van der Waals surface area contributed by atoms with E-state index in [-0.39, 0.29) is 29.2 Å². The number of rotatable bonds is 5. The molecule has 0 atom stereocenters. The summed E-state index contributed by atoms with van der Waals surface area (Å²) in [4.78, 5) is 11.8. The summed E-state index contributed by atoms with van der Waals surface area (Å²) in [6.45, 7) is -0.310. The maximum Gasteiger partial charge on any atom is 0.240 e. The van der Waals surface area contributed by atoms with Crippen LogP contribution in [0, 0.1) is 0 Å². The largest absolute Gasteiger partial charge is 0.352 e. The van der Waals surface area contributed by atoms with Crippen LogP contribution >= 0.6 is 23.2 Å². The van der Waals surface area contributed by atoms with Crippen LogP contribution in [0.2, 0.25) is 10.0 Å². The lowest BCUT2D eigenvalue weighted by Gasteiger charge is -2.23. The van der Waals surface area contributed by atoms with Crippen LogP contribution in [-0.4, -0.2) is 33.2 Å². The molecule has 0 saturated heterocycles. The summed E-state index contributed by atoms with van der Waals surface area (Å²) in [7, 11) is -3.64. The Balaban J connectivity index is 2.27. The first-order valence-electron chi connectivity index (χ1n) is 5.99. The van der Waals surface area contributed by atoms with E-state index < -0.39 is 10.0 Å². The summed E-state index contributed by atoms with van der Waals surface area (Å²) in [6, 6.07) is 4.64. The van der Waals surface area contributed by atoms with Crippen LogP contribution in [0.4, 0.5) is 5.69 Å². The molecule has 1 aromatic carbocycles. The Morgan fingerprint density at radius 1 is 1.40 bits per heavy atom. The molecule has 8 heteroatoms. The van der Waals surface area contributed by atoms with Crippen molar-refractivity contribution in [3.8, 4) is 0 Å². The highest BCUT2D eigenvalue weighted by Gasteiger charge is 2.27. The van der Waals surface area contributed by atoms with Gasteiger partial charge in [0.1, 0.15) is 6.54 Å². The standard InChI is InChI=1S/C12H14Cl2N2O3S/c1-20(18,19)16(7-12(17)15-9-3-4-9)11-6-8(13)2-5-10(11)14/h2,5-6,9H,3-4,7H2,1H3,(H,15,17). The van der Waals surface area contributed by atoms with Gasteiger partial charge >= 0.3 is 0 Å². The van der Waals surface area contributed by atoms with Gasteiger partial charge in [0.25, 0.3) is 0 Å². The van der Waals surface area contributed by atoms with Gasteiger partial charge in [-0.1, -0.05) is 23.2 Å². The van der Waals surface area contributed by atoms with Gasteiger partial charge < -0.3 is 5.32 Å². The molecule has 0 bridgehead atoms. The number of hydrogen-bond donors (Lipinski definition) is 1. The summed E-state index contributed by atoms with van der Waals surface area (Å²) in [5.41, 5.74) is 0.201. The second-order valence-corrected chi connectivity index (χ2v) is 7.46. The quantitative estimate of drug-likeness (QED) is 0.894. The Bertz CT molecular complexity index is 630. The maximum absolute atomic E-state index is 11.9. The molecule has 1 aliphatic rings. The van der Waals surface area contributed by atoms with Crippen LogP contribution in [0.1, 0.15) is 12.8 Å². The smallest absolute Gasteiger partial charge is 0.240 e. The van der Waals surface area contributed by atoms with Crippen LogP contribution in [0.25, 0.3) is 0 Å². The summed E-state index contributed by atoms with van der Waals surface area (Å²) in [5.74, 6) is -0.353. The summed E-state index contributed by atoms with van der Waals surface area (Å²) in [6.07, 6.45) is 2.89. The van der Waals surface area contributed by atoms with Crippen LogP contribution in [0.15, 0.2) is 18.2 Å². The van der Waals surface area contributed by atoms with Gasteiger partial charge in [-0.2, -0.15) is 0 Å². The van der Waals surface area contributed by atoms with E-state index in [0.29, 0.717) is 5.02 Å². The monoisotopic (exact) mass is 336 g/mol. The minimum absolute atomic E-state index is 0.166. The Labute approximate surface area is 127 Å². The number of nitrogens with zero attached hydrogens (tertiary/aromatic N) is 1. The van der Waals surface area contributed by atoms with Crippen molar-refractivity contribution in [3.05, 3.63) is 28.2 Å². The number of nitrogens with one attached hydrogen (secondary N) is 1. The second-order valence-electron chi connectivity index (χ2n) is 4.71. The molecule has 110 valence electrons. The molecule has 0 unspecified atom stereocenters. The first-order valence-corrected chi connectivity index (χ1v) is 8.60. The average molecular weight is 337 g/mol. The van der Waals surface area contributed by atoms with Crippen molar-refractivity contribution in [2.75, 3.05) is 17.1 Å². The summed E-state index contributed by atoms with van der Waals surface area (Å²) < 4.78 is 24.7. The number of sulfonamides is 1. The van der Waals surface area contributed by atoms with E-state index >= 15 is 0 Å². The molecule has 5 nitrogen and oxygen atoms in total. The molecule has 2 rings (SSSR count). The molecule has 0 aliphatic heterocycles. The van der Waals surface area contributed by atoms with Crippen LogP contribution in [0.5, 0.6) is 0 Å². The van der Waals surface area contributed by atoms with E-state index in [4.69, 9.17) is 23.2 Å². The number of carbonyl (C=O) groups excluding carboxylic acids is 1. The highest BCUT2D eigenvalue weighted by molar-refractivity contribution is 7.92. The zero-order valence-corrected chi connectivity index (χ0v) is 13.1. The summed E-state index contributed by atoms with van der Waals surface area (Å²) >= 11 is 11.9. The van der Waals surface area contributed by atoms with Gasteiger partial charge in [0.05, 0.1) is 17.0 Å². The van der Waals surface area contributed by atoms with E-state index in [1.54, 1.807) is 6.07 Å². The van der Waals surface area contributed by atoms with Gasteiger partial charge in [-0.25, -0.2) is 8.42 Å². The highest BCUT2D eigenvalue weighted by Crippen LogP contribution is 2.30. The van der Waals surface area contributed by atoms with Crippen molar-refractivity contribution >= 4 is 44.8 Å². The number of halogens is 2. The number of benzene rings is 1. The molecule has 1 N–H and O–H groups in total. The molecule has 1 aliphatic carbocycles. The number of amides is 1. The van der Waals surface area contributed by atoms with Crippen molar-refractivity contribution < 1.29 is 13.2 Å². The van der Waals surface area contributed by atoms with Crippen LogP contribution < -0.4 is 9.62 Å². The number of hydrogen-bond acceptors (Lipinski definition) is 3. The fourth-order valence-electron chi connectivity index (χ4n) is 1.69. The van der Waals surface area contributed by atoms with Gasteiger partial charge in [0, 0.05) is 11.1 Å². The van der Waals surface area contributed by atoms with Gasteiger partial charge in [-0.15, -0.1) is 0 Å². The van der Waals surface area contributed by atoms with Gasteiger partial charge in [0.15, 0.2) is 0 Å². The predicted octanol–water partition coefficient (Wildman–Crippen LogP) is 2.04. The minimum Gasteiger partial charge on any atom is -0.352 e. The fraction of sp³-hybridized carbons (Fsp3) is 0.417. The molecule has 1 saturated carbocycles. The number of anilines is 1. The Hall–Kier alpha value is -0.980. The third-order valence-corrected chi connectivity index (χ3v) is 4.49. The molecule has 0 aromatic heterocycles. The zero-order chi connectivity index (χ0) is 14.9. The molecule has 20 heavy (non-hydrogen) atoms. The Morgan fingerprint density at radius 2 is 2.05 bits per heavy atom. The molecule has 1 fully saturated rings. The Kier molecular flexibility index (Phi) is 4.46. The van der Waals surface area contributed by atoms with Crippen LogP contribution in [-0.2, 0) is 14.8 Å². The fourth-order valence-corrected chi connectivity index (χ4v) is 2.99. The van der Waals surface area contributed by atoms with Crippen molar-refractivity contribution in [2.45, 2.75) is 18.9 Å². The van der Waals surface area contributed by atoms with Crippen molar-refractivity contribution in [3.63, 3.8) is 0 Å².